The standard InChI is InChI=1S/C30H38N2OS/c31-18-21-11-13-25(14-12-21)32-28(34)30-16-23-15-29(20-30,24-9-5-2-6-10-24)17-26(30)27(23)33-19-22-7-3-1-4-8-22/h1-10,21,23,25-27H,11-20,31H2,(H,32,34)/t21-,23?,25+,26?,27?,29?,30?. The first-order valence-corrected chi connectivity index (χ1v) is 13.7. The number of ether oxygens (including phenoxy) is 1. The van der Waals surface area contributed by atoms with Gasteiger partial charge in [0.05, 0.1) is 17.7 Å². The zero-order chi connectivity index (χ0) is 23.2. The summed E-state index contributed by atoms with van der Waals surface area (Å²) >= 11 is 6.29. The van der Waals surface area contributed by atoms with E-state index in [1.165, 1.54) is 62.5 Å². The molecule has 5 aliphatic rings. The van der Waals surface area contributed by atoms with Crippen LogP contribution in [0.25, 0.3) is 0 Å². The second-order valence-electron chi connectivity index (χ2n) is 11.6. The molecule has 5 unspecified atom stereocenters. The first kappa shape index (κ1) is 22.7. The van der Waals surface area contributed by atoms with E-state index in [-0.39, 0.29) is 10.8 Å². The molecule has 4 bridgehead atoms. The molecule has 5 fully saturated rings. The molecule has 0 aromatic heterocycles. The van der Waals surface area contributed by atoms with Crippen LogP contribution < -0.4 is 11.1 Å². The summed E-state index contributed by atoms with van der Waals surface area (Å²) in [6.45, 7) is 1.53. The van der Waals surface area contributed by atoms with Crippen LogP contribution in [0.2, 0.25) is 0 Å². The van der Waals surface area contributed by atoms with Crippen molar-refractivity contribution in [2.75, 3.05) is 6.54 Å². The number of hydrogen-bond donors (Lipinski definition) is 2. The predicted molar refractivity (Wildman–Crippen MR) is 142 cm³/mol. The minimum Gasteiger partial charge on any atom is -0.376 e. The van der Waals surface area contributed by atoms with Crippen LogP contribution in [0.3, 0.4) is 0 Å². The molecule has 0 aliphatic heterocycles. The van der Waals surface area contributed by atoms with E-state index >= 15 is 0 Å². The summed E-state index contributed by atoms with van der Waals surface area (Å²) in [7, 11) is 0. The van der Waals surface area contributed by atoms with Crippen LogP contribution in [0, 0.1) is 23.2 Å². The van der Waals surface area contributed by atoms with Crippen LogP contribution >= 0.6 is 12.2 Å². The molecule has 180 valence electrons. The largest absolute Gasteiger partial charge is 0.376 e. The number of rotatable bonds is 7. The number of benzene rings is 2. The van der Waals surface area contributed by atoms with E-state index in [4.69, 9.17) is 22.7 Å². The van der Waals surface area contributed by atoms with E-state index in [0.29, 0.717) is 36.5 Å². The van der Waals surface area contributed by atoms with Crippen molar-refractivity contribution in [3.05, 3.63) is 71.8 Å². The molecule has 0 saturated heterocycles. The Morgan fingerprint density at radius 3 is 2.35 bits per heavy atom. The van der Waals surface area contributed by atoms with Gasteiger partial charge in [0.1, 0.15) is 0 Å². The van der Waals surface area contributed by atoms with Crippen LogP contribution in [0.15, 0.2) is 60.7 Å². The third-order valence-electron chi connectivity index (χ3n) is 9.75. The van der Waals surface area contributed by atoms with E-state index in [2.05, 4.69) is 66.0 Å². The molecule has 4 heteroatoms. The fourth-order valence-electron chi connectivity index (χ4n) is 8.20. The van der Waals surface area contributed by atoms with E-state index in [1.807, 2.05) is 0 Å². The van der Waals surface area contributed by atoms with Crippen molar-refractivity contribution in [3.63, 3.8) is 0 Å². The van der Waals surface area contributed by atoms with E-state index in [0.717, 1.165) is 11.5 Å². The van der Waals surface area contributed by atoms with Gasteiger partial charge in [-0.25, -0.2) is 0 Å². The Morgan fingerprint density at radius 1 is 0.941 bits per heavy atom. The fourth-order valence-corrected chi connectivity index (χ4v) is 8.67. The quantitative estimate of drug-likeness (QED) is 0.501. The van der Waals surface area contributed by atoms with Crippen molar-refractivity contribution in [2.45, 2.75) is 75.5 Å². The van der Waals surface area contributed by atoms with Gasteiger partial charge in [-0.2, -0.15) is 0 Å². The second-order valence-corrected chi connectivity index (χ2v) is 12.1. The van der Waals surface area contributed by atoms with Crippen molar-refractivity contribution >= 4 is 17.2 Å². The molecular formula is C30H38N2OS. The highest BCUT2D eigenvalue weighted by Crippen LogP contribution is 2.71. The molecule has 0 radical (unpaired) electrons. The molecule has 0 amide bonds. The van der Waals surface area contributed by atoms with Crippen molar-refractivity contribution < 1.29 is 4.74 Å². The van der Waals surface area contributed by atoms with E-state index in [1.54, 1.807) is 0 Å². The molecule has 0 heterocycles. The minimum atomic E-state index is 0.0835. The summed E-state index contributed by atoms with van der Waals surface area (Å²) in [6.07, 6.45) is 9.98. The minimum absolute atomic E-state index is 0.0835. The van der Waals surface area contributed by atoms with Gasteiger partial charge in [-0.15, -0.1) is 0 Å². The lowest BCUT2D eigenvalue weighted by molar-refractivity contribution is -0.0380. The summed E-state index contributed by atoms with van der Waals surface area (Å²) in [6, 6.07) is 22.4. The summed E-state index contributed by atoms with van der Waals surface area (Å²) in [5.74, 6) is 1.79. The molecule has 3 nitrogen and oxygen atoms in total. The zero-order valence-corrected chi connectivity index (χ0v) is 20.9. The summed E-state index contributed by atoms with van der Waals surface area (Å²) in [5.41, 5.74) is 9.05. The maximum atomic E-state index is 6.73. The highest BCUT2D eigenvalue weighted by Gasteiger charge is 2.70. The van der Waals surface area contributed by atoms with Crippen LogP contribution in [0.1, 0.15) is 62.5 Å². The van der Waals surface area contributed by atoms with Gasteiger partial charge in [-0.1, -0.05) is 72.9 Å². The number of nitrogens with two attached hydrogens (primary N) is 1. The molecule has 7 rings (SSSR count). The molecular weight excluding hydrogens is 436 g/mol. The Bertz CT molecular complexity index is 1000. The third-order valence-corrected chi connectivity index (χ3v) is 10.3. The van der Waals surface area contributed by atoms with Gasteiger partial charge in [0.15, 0.2) is 0 Å². The van der Waals surface area contributed by atoms with Gasteiger partial charge in [0, 0.05) is 11.5 Å². The molecule has 3 N–H and O–H groups in total. The third kappa shape index (κ3) is 3.83. The first-order valence-electron chi connectivity index (χ1n) is 13.3. The van der Waals surface area contributed by atoms with Gasteiger partial charge < -0.3 is 15.8 Å². The van der Waals surface area contributed by atoms with E-state index < -0.39 is 0 Å². The highest BCUT2D eigenvalue weighted by molar-refractivity contribution is 7.80. The van der Waals surface area contributed by atoms with Crippen molar-refractivity contribution in [2.24, 2.45) is 28.9 Å². The number of thiocarbonyl (C=S) groups is 1. The predicted octanol–water partition coefficient (Wildman–Crippen LogP) is 5.76. The van der Waals surface area contributed by atoms with Crippen LogP contribution in [-0.4, -0.2) is 23.7 Å². The van der Waals surface area contributed by atoms with Gasteiger partial charge in [-0.05, 0) is 92.2 Å². The maximum absolute atomic E-state index is 6.73. The topological polar surface area (TPSA) is 47.3 Å². The summed E-state index contributed by atoms with van der Waals surface area (Å²) < 4.78 is 6.73. The Labute approximate surface area is 209 Å². The average molecular weight is 475 g/mol. The summed E-state index contributed by atoms with van der Waals surface area (Å²) in [5, 5.41) is 3.91. The normalized spacial score (nSPS) is 38.2. The van der Waals surface area contributed by atoms with Crippen LogP contribution in [-0.2, 0) is 16.8 Å². The average Bonchev–Trinajstić information content (AvgIpc) is 3.26. The Kier molecular flexibility index (Phi) is 6.03. The Morgan fingerprint density at radius 2 is 1.65 bits per heavy atom. The van der Waals surface area contributed by atoms with Crippen molar-refractivity contribution in [1.82, 2.24) is 5.32 Å². The highest BCUT2D eigenvalue weighted by atomic mass is 32.1. The number of hydrogen-bond acceptors (Lipinski definition) is 3. The molecule has 0 spiro atoms. The second kappa shape index (κ2) is 9.04. The lowest BCUT2D eigenvalue weighted by Gasteiger charge is -2.43. The Balaban J connectivity index is 1.24. The summed E-state index contributed by atoms with van der Waals surface area (Å²) in [4.78, 5) is 1.14. The molecule has 2 aromatic rings. The van der Waals surface area contributed by atoms with Crippen LogP contribution in [0.4, 0.5) is 0 Å². The lowest BCUT2D eigenvalue weighted by atomic mass is 9.63. The van der Waals surface area contributed by atoms with Gasteiger partial charge >= 0.3 is 0 Å². The molecule has 2 aromatic carbocycles. The van der Waals surface area contributed by atoms with Gasteiger partial charge in [0.2, 0.25) is 0 Å². The zero-order valence-electron chi connectivity index (χ0n) is 20.1. The van der Waals surface area contributed by atoms with Gasteiger partial charge in [0.25, 0.3) is 0 Å². The molecule has 5 saturated carbocycles. The fraction of sp³-hybridized carbons (Fsp3) is 0.567. The monoisotopic (exact) mass is 474 g/mol. The maximum Gasteiger partial charge on any atom is 0.0822 e. The molecule has 5 aliphatic carbocycles. The van der Waals surface area contributed by atoms with Gasteiger partial charge in [-0.3, -0.25) is 0 Å². The molecule has 5 atom stereocenters. The Hall–Kier alpha value is -1.75. The smallest absolute Gasteiger partial charge is 0.0822 e. The van der Waals surface area contributed by atoms with Crippen LogP contribution in [0.5, 0.6) is 0 Å². The number of nitrogens with one attached hydrogen (secondary N) is 1. The molecule has 34 heavy (non-hydrogen) atoms. The first-order chi connectivity index (χ1) is 16.6. The SMILES string of the molecule is NC[C@H]1CC[C@@H](NC(=S)C23CC4CC(c5ccccc5)(CC2C4OCc2ccccc2)C3)CC1. The lowest BCUT2D eigenvalue weighted by Crippen LogP contribution is -2.47. The van der Waals surface area contributed by atoms with Crippen molar-refractivity contribution in [3.8, 4) is 0 Å². The van der Waals surface area contributed by atoms with E-state index in [9.17, 15) is 0 Å². The van der Waals surface area contributed by atoms with Crippen molar-refractivity contribution in [1.29, 1.82) is 0 Å².